The predicted molar refractivity (Wildman–Crippen MR) is 213 cm³/mol. The van der Waals surface area contributed by atoms with Crippen LogP contribution in [0.15, 0.2) is 99.1 Å². The molecule has 4 bridgehead atoms. The second kappa shape index (κ2) is 16.5. The number of carbonyl (C=O) groups is 2. The quantitative estimate of drug-likeness (QED) is 0.0769. The number of nitrogens with zero attached hydrogens (tertiary/aromatic N) is 2. The molecule has 0 atom stereocenters. The molecular formula is C41H43N2O14S2+. The molecule has 18 heteroatoms. The Morgan fingerprint density at radius 3 is 2.27 bits per heavy atom. The number of ketones is 1. The molecule has 16 nitrogen and oxygen atoms in total. The summed E-state index contributed by atoms with van der Waals surface area (Å²) in [7, 11) is -4.54. The zero-order valence-corrected chi connectivity index (χ0v) is 34.2. The lowest BCUT2D eigenvalue weighted by atomic mass is 9.77. The van der Waals surface area contributed by atoms with E-state index in [1.165, 1.54) is 24.3 Å². The average molecular weight is 853 g/mol. The molecule has 0 amide bonds. The van der Waals surface area contributed by atoms with E-state index >= 15 is 0 Å². The number of anilines is 1. The first-order valence-corrected chi connectivity index (χ1v) is 20.7. The molecule has 4 aliphatic heterocycles. The van der Waals surface area contributed by atoms with Crippen LogP contribution in [0.1, 0.15) is 49.2 Å². The van der Waals surface area contributed by atoms with Gasteiger partial charge in [-0.25, -0.2) is 10.1 Å². The summed E-state index contributed by atoms with van der Waals surface area (Å²) in [6.07, 6.45) is 3.28. The Morgan fingerprint density at radius 2 is 1.61 bits per heavy atom. The summed E-state index contributed by atoms with van der Waals surface area (Å²) in [6, 6.07) is 14.3. The van der Waals surface area contributed by atoms with Crippen LogP contribution in [0.2, 0.25) is 0 Å². The topological polar surface area (TPSA) is 211 Å². The number of fused-ring (bicyclic) bond motifs is 12. The highest BCUT2D eigenvalue weighted by molar-refractivity contribution is 7.94. The Balaban J connectivity index is 1.28. The maximum Gasteiger partial charge on any atom is 0.335 e. The number of rotatable bonds is 5. The number of benzene rings is 3. The van der Waals surface area contributed by atoms with Crippen LogP contribution in [0.3, 0.4) is 0 Å². The lowest BCUT2D eigenvalue weighted by molar-refractivity contribution is -0.442. The van der Waals surface area contributed by atoms with Gasteiger partial charge in [-0.15, -0.1) is 4.33 Å². The van der Waals surface area contributed by atoms with Crippen LogP contribution in [0.5, 0.6) is 11.5 Å². The first-order chi connectivity index (χ1) is 28.6. The second-order valence-electron chi connectivity index (χ2n) is 15.1. The van der Waals surface area contributed by atoms with Crippen LogP contribution in [0.25, 0.3) is 1.43 Å². The molecular weight excluding hydrogens is 809 g/mol. The van der Waals surface area contributed by atoms with Crippen molar-refractivity contribution in [2.45, 2.75) is 48.3 Å². The molecule has 4 N–H and O–H groups in total. The molecule has 0 radical (unpaired) electrons. The largest absolute Gasteiger partial charge is 0.506 e. The normalized spacial score (nSPS) is 20.5. The summed E-state index contributed by atoms with van der Waals surface area (Å²) in [4.78, 5) is 28.6. The van der Waals surface area contributed by atoms with Gasteiger partial charge in [0.1, 0.15) is 37.1 Å². The molecule has 0 saturated carbocycles. The molecule has 3 aromatic rings. The van der Waals surface area contributed by atoms with E-state index in [2.05, 4.69) is 14.5 Å². The number of carboxylic acids is 1. The van der Waals surface area contributed by atoms with Crippen molar-refractivity contribution in [3.05, 3.63) is 106 Å². The van der Waals surface area contributed by atoms with Crippen molar-refractivity contribution in [1.82, 2.24) is 0 Å². The van der Waals surface area contributed by atoms with Crippen LogP contribution in [-0.2, 0) is 44.6 Å². The number of carbonyl (C=O) groups excluding carboxylic acids is 1. The zero-order valence-electron chi connectivity index (χ0n) is 33.6. The predicted octanol–water partition coefficient (Wildman–Crippen LogP) is 5.94. The van der Waals surface area contributed by atoms with Crippen molar-refractivity contribution in [1.29, 1.82) is 1.43 Å². The molecule has 5 aliphatic rings. The van der Waals surface area contributed by atoms with Crippen LogP contribution in [0.4, 0.5) is 11.4 Å². The van der Waals surface area contributed by atoms with Gasteiger partial charge >= 0.3 is 5.97 Å². The van der Waals surface area contributed by atoms with E-state index in [1.807, 2.05) is 49.3 Å². The van der Waals surface area contributed by atoms with Gasteiger partial charge < -0.3 is 34.1 Å². The second-order valence-corrected chi connectivity index (χ2v) is 17.3. The highest BCUT2D eigenvalue weighted by Crippen LogP contribution is 2.50. The molecule has 0 spiro atoms. The molecule has 8 rings (SSSR count). The van der Waals surface area contributed by atoms with Gasteiger partial charge in [0.15, 0.2) is 12.3 Å². The van der Waals surface area contributed by atoms with E-state index < -0.39 is 32.7 Å². The SMILES string of the molecule is [2H]OC(=O)c1cc2cc(c1)OCCOCC[N+]1=C(C=C3C(=O)C(=C3O)/C=C3/N(CCOCCO2)c2ccc(S(=O)(=O)O)cc2C3(C)C)C(C)(C)c2cc(SOOO)ccc21. The lowest BCUT2D eigenvalue weighted by Gasteiger charge is -2.29. The van der Waals surface area contributed by atoms with Crippen molar-refractivity contribution in [3.8, 4) is 11.5 Å². The Hall–Kier alpha value is -5.05. The van der Waals surface area contributed by atoms with Gasteiger partial charge in [0.05, 0.1) is 58.9 Å². The molecule has 312 valence electrons. The third-order valence-electron chi connectivity index (χ3n) is 10.8. The number of aliphatic hydroxyl groups is 1. The van der Waals surface area contributed by atoms with Gasteiger partial charge in [-0.3, -0.25) is 9.35 Å². The minimum Gasteiger partial charge on any atom is -0.506 e. The molecule has 4 heterocycles. The number of ether oxygens (including phenoxy) is 4. The smallest absolute Gasteiger partial charge is 0.335 e. The minimum atomic E-state index is -4.54. The Bertz CT molecular complexity index is 2480. The summed E-state index contributed by atoms with van der Waals surface area (Å²) in [5, 5.41) is 28.3. The summed E-state index contributed by atoms with van der Waals surface area (Å²) in [5.41, 5.74) is 2.79. The van der Waals surface area contributed by atoms with Crippen LogP contribution < -0.4 is 14.4 Å². The fraction of sp³-hybridized carbons (Fsp3) is 0.341. The number of aromatic carboxylic acids is 1. The van der Waals surface area contributed by atoms with E-state index in [0.29, 0.717) is 34.1 Å². The fourth-order valence-electron chi connectivity index (χ4n) is 7.77. The monoisotopic (exact) mass is 852 g/mol. The van der Waals surface area contributed by atoms with Crippen molar-refractivity contribution in [2.24, 2.45) is 0 Å². The van der Waals surface area contributed by atoms with Crippen LogP contribution in [0, 0.1) is 0 Å². The first kappa shape index (κ1) is 40.7. The molecule has 1 aliphatic carbocycles. The molecule has 3 aromatic carbocycles. The highest BCUT2D eigenvalue weighted by Gasteiger charge is 2.48. The van der Waals surface area contributed by atoms with Crippen molar-refractivity contribution >= 4 is 51.0 Å². The van der Waals surface area contributed by atoms with E-state index in [0.717, 1.165) is 23.3 Å². The Kier molecular flexibility index (Phi) is 11.4. The summed E-state index contributed by atoms with van der Waals surface area (Å²) in [5.74, 6) is -0.930. The van der Waals surface area contributed by atoms with Crippen molar-refractivity contribution in [2.75, 3.05) is 57.6 Å². The Labute approximate surface area is 345 Å². The van der Waals surface area contributed by atoms with E-state index in [9.17, 15) is 27.7 Å². The Morgan fingerprint density at radius 1 is 0.898 bits per heavy atom. The molecule has 59 heavy (non-hydrogen) atoms. The van der Waals surface area contributed by atoms with Gasteiger partial charge in [-0.2, -0.15) is 13.0 Å². The van der Waals surface area contributed by atoms with E-state index in [-0.39, 0.29) is 85.0 Å². The number of hydrogen-bond acceptors (Lipinski definition) is 15. The molecule has 0 aromatic heterocycles. The molecule has 0 unspecified atom stereocenters. The van der Waals surface area contributed by atoms with Gasteiger partial charge in [-0.1, -0.05) is 18.9 Å². The molecule has 0 fully saturated rings. The van der Waals surface area contributed by atoms with Crippen molar-refractivity contribution < 1.29 is 70.9 Å². The summed E-state index contributed by atoms with van der Waals surface area (Å²) in [6.45, 7) is 9.12. The van der Waals surface area contributed by atoms with Gasteiger partial charge in [0.2, 0.25) is 11.5 Å². The number of hydrogen-bond donors (Lipinski definition) is 4. The number of Topliss-reactive ketones (excluding diaryl/α,β-unsaturated/α-hetero) is 1. The molecule has 0 saturated heterocycles. The first-order valence-electron chi connectivity index (χ1n) is 19.0. The highest BCUT2D eigenvalue weighted by atomic mass is 32.2. The third kappa shape index (κ3) is 8.27. The van der Waals surface area contributed by atoms with Crippen molar-refractivity contribution in [3.63, 3.8) is 0 Å². The van der Waals surface area contributed by atoms with E-state index in [1.54, 1.807) is 30.4 Å². The van der Waals surface area contributed by atoms with E-state index in [4.69, 9.17) is 25.6 Å². The van der Waals surface area contributed by atoms with Gasteiger partial charge in [-0.05, 0) is 68.0 Å². The van der Waals surface area contributed by atoms with Crippen LogP contribution in [-0.4, -0.2) is 103 Å². The number of carboxylic acid groups (broad SMARTS) is 1. The summed E-state index contributed by atoms with van der Waals surface area (Å²) < 4.78 is 71.7. The average Bonchev–Trinajstić information content (AvgIpc) is 3.56. The van der Waals surface area contributed by atoms with Gasteiger partial charge in [0, 0.05) is 52.0 Å². The fourth-order valence-corrected chi connectivity index (χ4v) is 8.68. The zero-order chi connectivity index (χ0) is 43.0. The standard InChI is InChI=1S/C41H42N2O14S2/c1-40(2)31-20-27(58-57-56-48)5-7-33(31)42-9-11-52-13-15-54-25-17-24(39(46)47)18-26(19-25)55-16-14-53-12-10-43-34-8-6-28(59(49,50)51)21-32(34)41(3,4)36(43)23-30-37(44)29(38(30)45)22-35(40)42/h5-8,17-23H,9-16H2,1-4H3,(H3-,44,45,46,47,48,49,50,51)/p+1/i/hD. The maximum atomic E-state index is 14.1. The summed E-state index contributed by atoms with van der Waals surface area (Å²) >= 11 is 0.813. The number of allylic oxidation sites excluding steroid dienone is 5. The lowest BCUT2D eigenvalue weighted by Crippen LogP contribution is -2.33. The minimum absolute atomic E-state index is 0.0507. The van der Waals surface area contributed by atoms with Gasteiger partial charge in [0.25, 0.3) is 11.5 Å². The maximum absolute atomic E-state index is 14.1. The number of aliphatic hydroxyl groups excluding tert-OH is 1. The third-order valence-corrected chi connectivity index (χ3v) is 12.2. The van der Waals surface area contributed by atoms with Crippen LogP contribution >= 0.6 is 12.0 Å².